The van der Waals surface area contributed by atoms with Gasteiger partial charge in [0, 0.05) is 23.2 Å². The summed E-state index contributed by atoms with van der Waals surface area (Å²) >= 11 is 1.15. The van der Waals surface area contributed by atoms with Gasteiger partial charge in [0.05, 0.1) is 16.3 Å². The van der Waals surface area contributed by atoms with Gasteiger partial charge < -0.3 is 10.1 Å². The number of nitrogens with zero attached hydrogens (tertiary/aromatic N) is 3. The van der Waals surface area contributed by atoms with Crippen LogP contribution in [0.15, 0.2) is 48.5 Å². The maximum atomic E-state index is 13.2. The number of hydrogen-bond acceptors (Lipinski definition) is 7. The number of nitro groups is 1. The van der Waals surface area contributed by atoms with Crippen molar-refractivity contribution in [1.82, 2.24) is 9.78 Å². The Bertz CT molecular complexity index is 1390. The fraction of sp³-hybridized carbons (Fsp3) is 0.136. The van der Waals surface area contributed by atoms with E-state index >= 15 is 0 Å². The Morgan fingerprint density at radius 1 is 1.18 bits per heavy atom. The monoisotopic (exact) mass is 468 g/mol. The van der Waals surface area contributed by atoms with Gasteiger partial charge in [-0.25, -0.2) is 13.9 Å². The molecule has 0 radical (unpaired) electrons. The predicted octanol–water partition coefficient (Wildman–Crippen LogP) is 4.55. The van der Waals surface area contributed by atoms with Gasteiger partial charge in [0.1, 0.15) is 15.5 Å². The van der Waals surface area contributed by atoms with Gasteiger partial charge in [0.15, 0.2) is 6.61 Å². The van der Waals surface area contributed by atoms with E-state index in [-0.39, 0.29) is 11.5 Å². The van der Waals surface area contributed by atoms with Crippen LogP contribution in [-0.2, 0) is 9.53 Å². The molecule has 0 saturated heterocycles. The number of anilines is 1. The fourth-order valence-electron chi connectivity index (χ4n) is 3.20. The maximum absolute atomic E-state index is 13.2. The Hall–Kier alpha value is -4.12. The average molecular weight is 468 g/mol. The van der Waals surface area contributed by atoms with Crippen LogP contribution >= 0.6 is 11.3 Å². The zero-order valence-corrected chi connectivity index (χ0v) is 18.3. The lowest BCUT2D eigenvalue weighted by atomic mass is 10.2. The largest absolute Gasteiger partial charge is 0.451 e. The van der Waals surface area contributed by atoms with Gasteiger partial charge in [-0.3, -0.25) is 14.9 Å². The van der Waals surface area contributed by atoms with Crippen molar-refractivity contribution < 1.29 is 23.6 Å². The highest BCUT2D eigenvalue weighted by Crippen LogP contribution is 2.31. The van der Waals surface area contributed by atoms with E-state index in [1.807, 2.05) is 0 Å². The number of halogens is 1. The molecule has 1 amide bonds. The lowest BCUT2D eigenvalue weighted by Crippen LogP contribution is -2.21. The molecule has 4 aromatic rings. The number of aromatic nitrogens is 2. The number of carbonyl (C=O) groups excluding carboxylic acids is 2. The van der Waals surface area contributed by atoms with Gasteiger partial charge in [-0.2, -0.15) is 5.10 Å². The van der Waals surface area contributed by atoms with Crippen LogP contribution in [0.4, 0.5) is 15.8 Å². The molecule has 1 N–H and O–H groups in total. The van der Waals surface area contributed by atoms with Gasteiger partial charge >= 0.3 is 5.97 Å². The van der Waals surface area contributed by atoms with E-state index in [4.69, 9.17) is 4.74 Å². The molecular formula is C22H17FN4O5S. The molecule has 0 aliphatic carbocycles. The van der Waals surface area contributed by atoms with Crippen molar-refractivity contribution in [2.45, 2.75) is 13.8 Å². The molecule has 0 atom stereocenters. The highest BCUT2D eigenvalue weighted by atomic mass is 32.1. The summed E-state index contributed by atoms with van der Waals surface area (Å²) in [4.78, 5) is 36.0. The first-order valence-electron chi connectivity index (χ1n) is 9.70. The minimum Gasteiger partial charge on any atom is -0.451 e. The Kier molecular flexibility index (Phi) is 5.88. The first kappa shape index (κ1) is 22.1. The van der Waals surface area contributed by atoms with E-state index in [9.17, 15) is 24.1 Å². The van der Waals surface area contributed by atoms with E-state index in [0.717, 1.165) is 16.7 Å². The molecule has 0 saturated carbocycles. The number of amides is 1. The third-order valence-electron chi connectivity index (χ3n) is 4.85. The number of non-ortho nitro benzene ring substituents is 1. The highest BCUT2D eigenvalue weighted by molar-refractivity contribution is 7.20. The average Bonchev–Trinajstić information content (AvgIpc) is 3.35. The number of aryl methyl sites for hydroxylation is 2. The predicted molar refractivity (Wildman–Crippen MR) is 120 cm³/mol. The van der Waals surface area contributed by atoms with Crippen molar-refractivity contribution in [3.8, 4) is 5.69 Å². The number of ether oxygens (including phenoxy) is 1. The quantitative estimate of drug-likeness (QED) is 0.252. The smallest absolute Gasteiger partial charge is 0.348 e. The zero-order chi connectivity index (χ0) is 23.7. The molecular weight excluding hydrogens is 451 g/mol. The molecule has 2 aromatic carbocycles. The Morgan fingerprint density at radius 2 is 1.91 bits per heavy atom. The molecule has 4 rings (SSSR count). The molecule has 0 aliphatic heterocycles. The van der Waals surface area contributed by atoms with Gasteiger partial charge in [0.25, 0.3) is 11.6 Å². The summed E-state index contributed by atoms with van der Waals surface area (Å²) in [7, 11) is 0. The van der Waals surface area contributed by atoms with Crippen molar-refractivity contribution in [3.63, 3.8) is 0 Å². The van der Waals surface area contributed by atoms with Crippen LogP contribution in [0.2, 0.25) is 0 Å². The molecule has 2 heterocycles. The Balaban J connectivity index is 1.45. The zero-order valence-electron chi connectivity index (χ0n) is 17.5. The molecule has 11 heteroatoms. The molecule has 9 nitrogen and oxygen atoms in total. The molecule has 0 bridgehead atoms. The maximum Gasteiger partial charge on any atom is 0.348 e. The number of hydrogen-bond donors (Lipinski definition) is 1. The van der Waals surface area contributed by atoms with Crippen molar-refractivity contribution >= 4 is 44.8 Å². The minimum absolute atomic E-state index is 0.0869. The van der Waals surface area contributed by atoms with Crippen LogP contribution in [0.1, 0.15) is 20.9 Å². The second-order valence-electron chi connectivity index (χ2n) is 7.18. The molecule has 168 valence electrons. The van der Waals surface area contributed by atoms with Gasteiger partial charge in [-0.1, -0.05) is 0 Å². The van der Waals surface area contributed by atoms with Gasteiger partial charge in [-0.05, 0) is 55.8 Å². The molecule has 0 spiro atoms. The van der Waals surface area contributed by atoms with Gasteiger partial charge in [-0.15, -0.1) is 11.3 Å². The van der Waals surface area contributed by atoms with E-state index < -0.39 is 23.4 Å². The SMILES string of the molecule is Cc1cc([N+](=O)[O-])ccc1NC(=O)COC(=O)c1cc2c(C)nn(-c3ccc(F)cc3)c2s1. The standard InChI is InChI=1S/C22H17FN4O5S/c1-12-9-16(27(30)31)7-8-18(12)24-20(28)11-32-22(29)19-10-17-13(2)25-26(21(17)33-19)15-5-3-14(23)4-6-15/h3-10H,11H2,1-2H3,(H,24,28). The summed E-state index contributed by atoms with van der Waals surface area (Å²) in [5.74, 6) is -1.61. The van der Waals surface area contributed by atoms with E-state index in [1.54, 1.807) is 36.7 Å². The minimum atomic E-state index is -0.670. The number of thiophene rings is 1. The third kappa shape index (κ3) is 4.58. The van der Waals surface area contributed by atoms with Crippen LogP contribution in [0, 0.1) is 29.8 Å². The second kappa shape index (κ2) is 8.79. The third-order valence-corrected chi connectivity index (χ3v) is 5.94. The van der Waals surface area contributed by atoms with Crippen LogP contribution in [0.5, 0.6) is 0 Å². The highest BCUT2D eigenvalue weighted by Gasteiger charge is 2.19. The normalized spacial score (nSPS) is 10.9. The van der Waals surface area contributed by atoms with Crippen molar-refractivity contribution in [2.24, 2.45) is 0 Å². The number of nitrogens with one attached hydrogen (secondary N) is 1. The van der Waals surface area contributed by atoms with E-state index in [2.05, 4.69) is 10.4 Å². The number of esters is 1. The van der Waals surface area contributed by atoms with Crippen molar-refractivity contribution in [2.75, 3.05) is 11.9 Å². The van der Waals surface area contributed by atoms with Crippen LogP contribution in [0.25, 0.3) is 15.9 Å². The number of nitro benzene ring substituents is 1. The van der Waals surface area contributed by atoms with Crippen LogP contribution < -0.4 is 5.32 Å². The lowest BCUT2D eigenvalue weighted by molar-refractivity contribution is -0.384. The summed E-state index contributed by atoms with van der Waals surface area (Å²) in [6.07, 6.45) is 0. The Labute approximate surface area is 190 Å². The summed E-state index contributed by atoms with van der Waals surface area (Å²) in [5.41, 5.74) is 2.15. The lowest BCUT2D eigenvalue weighted by Gasteiger charge is -2.08. The topological polar surface area (TPSA) is 116 Å². The molecule has 0 unspecified atom stereocenters. The molecule has 0 aliphatic rings. The second-order valence-corrected chi connectivity index (χ2v) is 8.21. The number of benzene rings is 2. The first-order valence-corrected chi connectivity index (χ1v) is 10.5. The van der Waals surface area contributed by atoms with Gasteiger partial charge in [0.2, 0.25) is 0 Å². The molecule has 0 fully saturated rings. The van der Waals surface area contributed by atoms with Crippen molar-refractivity contribution in [3.05, 3.63) is 80.6 Å². The number of rotatable bonds is 6. The van der Waals surface area contributed by atoms with Crippen LogP contribution in [-0.4, -0.2) is 33.2 Å². The summed E-state index contributed by atoms with van der Waals surface area (Å²) in [6, 6.07) is 11.5. The van der Waals surface area contributed by atoms with Crippen LogP contribution in [0.3, 0.4) is 0 Å². The molecule has 2 aromatic heterocycles. The van der Waals surface area contributed by atoms with Crippen molar-refractivity contribution in [1.29, 1.82) is 0 Å². The summed E-state index contributed by atoms with van der Waals surface area (Å²) in [6.45, 7) is 2.90. The summed E-state index contributed by atoms with van der Waals surface area (Å²) < 4.78 is 20.0. The number of fused-ring (bicyclic) bond motifs is 1. The number of carbonyl (C=O) groups is 2. The van der Waals surface area contributed by atoms with E-state index in [1.165, 1.54) is 30.3 Å². The molecule has 33 heavy (non-hydrogen) atoms. The summed E-state index contributed by atoms with van der Waals surface area (Å²) in [5, 5.41) is 18.6. The fourth-order valence-corrected chi connectivity index (χ4v) is 4.27. The first-order chi connectivity index (χ1) is 15.7. The Morgan fingerprint density at radius 3 is 2.58 bits per heavy atom. The van der Waals surface area contributed by atoms with E-state index in [0.29, 0.717) is 32.3 Å².